The topological polar surface area (TPSA) is 54.7 Å². The first-order chi connectivity index (χ1) is 15.7. The summed E-state index contributed by atoms with van der Waals surface area (Å²) in [7, 11) is 1.47. The number of carbonyl (C=O) groups excluding carboxylic acids is 1. The highest BCUT2D eigenvalue weighted by atomic mass is 35.5. The number of benzene rings is 2. The minimum absolute atomic E-state index is 0. The first-order valence-electron chi connectivity index (χ1n) is 11.2. The summed E-state index contributed by atoms with van der Waals surface area (Å²) in [6.45, 7) is 1.88. The van der Waals surface area contributed by atoms with Crippen molar-refractivity contribution in [1.29, 1.82) is 0 Å². The molecule has 1 aliphatic carbocycles. The largest absolute Gasteiger partial charge is 0.472 e. The number of methoxy groups -OCH3 is 1. The van der Waals surface area contributed by atoms with E-state index in [4.69, 9.17) is 9.15 Å². The molecule has 1 fully saturated rings. The Kier molecular flexibility index (Phi) is 5.55. The molecule has 3 unspecified atom stereocenters. The fourth-order valence-corrected chi connectivity index (χ4v) is 6.23. The molecule has 2 aliphatic heterocycles. The normalized spacial score (nSPS) is 25.5. The monoisotopic (exact) mass is 462 g/mol. The molecule has 0 bridgehead atoms. The van der Waals surface area contributed by atoms with Crippen LogP contribution in [0.3, 0.4) is 0 Å². The number of likely N-dealkylation sites (tertiary alicyclic amines) is 1. The third kappa shape index (κ3) is 3.22. The van der Waals surface area contributed by atoms with Crippen molar-refractivity contribution < 1.29 is 13.9 Å². The molecule has 1 aromatic heterocycles. The SMILES string of the molecule is COC(=O)C1=C2Nc3ccccc3C23CCN(Cc2ccccc2)C3CC1c1ccoc1.Cl. The van der Waals surface area contributed by atoms with Crippen LogP contribution in [-0.2, 0) is 21.5 Å². The van der Waals surface area contributed by atoms with Crippen molar-refractivity contribution in [2.75, 3.05) is 19.0 Å². The molecule has 1 saturated heterocycles. The highest BCUT2D eigenvalue weighted by Gasteiger charge is 2.60. The minimum Gasteiger partial charge on any atom is -0.472 e. The average Bonchev–Trinajstić information content (AvgIpc) is 3.56. The quantitative estimate of drug-likeness (QED) is 0.536. The number of fused-ring (bicyclic) bond motifs is 1. The van der Waals surface area contributed by atoms with E-state index >= 15 is 0 Å². The van der Waals surface area contributed by atoms with Crippen LogP contribution < -0.4 is 5.32 Å². The van der Waals surface area contributed by atoms with Gasteiger partial charge in [0.05, 0.1) is 30.6 Å². The first-order valence-corrected chi connectivity index (χ1v) is 11.2. The number of anilines is 1. The average molecular weight is 463 g/mol. The van der Waals surface area contributed by atoms with E-state index in [0.29, 0.717) is 0 Å². The Balaban J connectivity index is 0.00000228. The minimum atomic E-state index is -0.258. The Morgan fingerprint density at radius 1 is 1.15 bits per heavy atom. The second kappa shape index (κ2) is 8.40. The van der Waals surface area contributed by atoms with Gasteiger partial charge in [-0.1, -0.05) is 48.5 Å². The van der Waals surface area contributed by atoms with E-state index in [-0.39, 0.29) is 35.8 Å². The van der Waals surface area contributed by atoms with Gasteiger partial charge < -0.3 is 14.5 Å². The van der Waals surface area contributed by atoms with Gasteiger partial charge in [0.1, 0.15) is 0 Å². The summed E-state index contributed by atoms with van der Waals surface area (Å²) in [5.74, 6) is -0.335. The number of hydrogen-bond acceptors (Lipinski definition) is 5. The predicted octanol–water partition coefficient (Wildman–Crippen LogP) is 5.25. The van der Waals surface area contributed by atoms with Gasteiger partial charge in [-0.3, -0.25) is 4.90 Å². The Bertz CT molecular complexity index is 1190. The third-order valence-corrected chi connectivity index (χ3v) is 7.57. The molecule has 3 aliphatic rings. The molecule has 3 heterocycles. The van der Waals surface area contributed by atoms with E-state index in [0.717, 1.165) is 48.5 Å². The lowest BCUT2D eigenvalue weighted by Gasteiger charge is -2.43. The number of esters is 1. The summed E-state index contributed by atoms with van der Waals surface area (Å²) in [6.07, 6.45) is 5.27. The number of carbonyl (C=O) groups is 1. The van der Waals surface area contributed by atoms with Crippen molar-refractivity contribution in [2.45, 2.75) is 36.8 Å². The highest BCUT2D eigenvalue weighted by Crippen LogP contribution is 2.60. The van der Waals surface area contributed by atoms with E-state index < -0.39 is 0 Å². The summed E-state index contributed by atoms with van der Waals surface area (Å²) >= 11 is 0. The zero-order chi connectivity index (χ0) is 21.7. The molecule has 6 rings (SSSR count). The molecule has 1 spiro atoms. The second-order valence-corrected chi connectivity index (χ2v) is 8.99. The standard InChI is InChI=1S/C27H26N2O3.ClH/c1-31-26(30)24-20(19-11-14-32-17-19)15-23-27(21-9-5-6-10-22(21)28-25(24)27)12-13-29(23)16-18-7-3-2-4-8-18;/h2-11,14,17,20,23,28H,12-13,15-16H2,1H3;1H. The number of rotatable bonds is 4. The van der Waals surface area contributed by atoms with Gasteiger partial charge >= 0.3 is 5.97 Å². The fraction of sp³-hybridized carbons (Fsp3) is 0.296. The molecule has 6 heteroatoms. The predicted molar refractivity (Wildman–Crippen MR) is 129 cm³/mol. The number of furan rings is 1. The lowest BCUT2D eigenvalue weighted by Crippen LogP contribution is -2.48. The molecule has 0 saturated carbocycles. The van der Waals surface area contributed by atoms with Gasteiger partial charge in [-0.05, 0) is 41.7 Å². The van der Waals surface area contributed by atoms with E-state index in [2.05, 4.69) is 64.8 Å². The van der Waals surface area contributed by atoms with Crippen LogP contribution in [0.15, 0.2) is 88.9 Å². The van der Waals surface area contributed by atoms with Crippen molar-refractivity contribution in [2.24, 2.45) is 0 Å². The van der Waals surface area contributed by atoms with Gasteiger partial charge in [0.15, 0.2) is 0 Å². The molecule has 2 aromatic carbocycles. The van der Waals surface area contributed by atoms with Crippen molar-refractivity contribution in [3.63, 3.8) is 0 Å². The number of para-hydroxylation sites is 1. The van der Waals surface area contributed by atoms with E-state index in [1.807, 2.05) is 6.07 Å². The van der Waals surface area contributed by atoms with E-state index in [9.17, 15) is 4.79 Å². The summed E-state index contributed by atoms with van der Waals surface area (Å²) < 4.78 is 10.7. The van der Waals surface area contributed by atoms with Gasteiger partial charge in [0.25, 0.3) is 0 Å². The highest BCUT2D eigenvalue weighted by molar-refractivity contribution is 5.94. The number of nitrogens with one attached hydrogen (secondary N) is 1. The maximum absolute atomic E-state index is 13.2. The number of ether oxygens (including phenoxy) is 1. The van der Waals surface area contributed by atoms with Crippen LogP contribution in [0.2, 0.25) is 0 Å². The van der Waals surface area contributed by atoms with Crippen molar-refractivity contribution >= 4 is 24.1 Å². The molecular formula is C27H27ClN2O3. The summed E-state index contributed by atoms with van der Waals surface area (Å²) in [5.41, 5.74) is 6.26. The van der Waals surface area contributed by atoms with Gasteiger partial charge in [0, 0.05) is 36.4 Å². The van der Waals surface area contributed by atoms with E-state index in [1.165, 1.54) is 18.2 Å². The first kappa shape index (κ1) is 21.8. The van der Waals surface area contributed by atoms with Crippen LogP contribution in [0, 0.1) is 0 Å². The molecule has 3 atom stereocenters. The van der Waals surface area contributed by atoms with Gasteiger partial charge in [-0.25, -0.2) is 4.79 Å². The summed E-state index contributed by atoms with van der Waals surface area (Å²) in [6, 6.07) is 21.4. The molecular weight excluding hydrogens is 436 g/mol. The number of nitrogens with zero attached hydrogens (tertiary/aromatic N) is 1. The third-order valence-electron chi connectivity index (χ3n) is 7.57. The Labute approximate surface area is 199 Å². The zero-order valence-corrected chi connectivity index (χ0v) is 19.3. The van der Waals surface area contributed by atoms with Gasteiger partial charge in [-0.15, -0.1) is 12.4 Å². The molecule has 33 heavy (non-hydrogen) atoms. The van der Waals surface area contributed by atoms with Gasteiger partial charge in [-0.2, -0.15) is 0 Å². The summed E-state index contributed by atoms with van der Waals surface area (Å²) in [4.78, 5) is 15.8. The lowest BCUT2D eigenvalue weighted by molar-refractivity contribution is -0.136. The second-order valence-electron chi connectivity index (χ2n) is 8.99. The molecule has 0 radical (unpaired) electrons. The zero-order valence-electron chi connectivity index (χ0n) is 18.5. The smallest absolute Gasteiger partial charge is 0.336 e. The van der Waals surface area contributed by atoms with Crippen molar-refractivity contribution in [3.05, 3.63) is 101 Å². The van der Waals surface area contributed by atoms with Crippen molar-refractivity contribution in [3.8, 4) is 0 Å². The molecule has 3 aromatic rings. The number of hydrogen-bond donors (Lipinski definition) is 1. The van der Waals surface area contributed by atoms with Crippen LogP contribution in [-0.4, -0.2) is 30.6 Å². The van der Waals surface area contributed by atoms with Gasteiger partial charge in [0.2, 0.25) is 0 Å². The van der Waals surface area contributed by atoms with Crippen LogP contribution in [0.25, 0.3) is 0 Å². The Morgan fingerprint density at radius 3 is 2.70 bits per heavy atom. The van der Waals surface area contributed by atoms with Crippen molar-refractivity contribution in [1.82, 2.24) is 4.90 Å². The maximum Gasteiger partial charge on any atom is 0.336 e. The van der Waals surface area contributed by atoms with E-state index in [1.54, 1.807) is 12.5 Å². The number of halogens is 1. The van der Waals surface area contributed by atoms with Crippen LogP contribution in [0.1, 0.15) is 35.4 Å². The molecule has 170 valence electrons. The maximum atomic E-state index is 13.2. The molecule has 0 amide bonds. The van der Waals surface area contributed by atoms with Crippen LogP contribution in [0.4, 0.5) is 5.69 Å². The Hall–Kier alpha value is -3.02. The Morgan fingerprint density at radius 2 is 1.94 bits per heavy atom. The summed E-state index contributed by atoms with van der Waals surface area (Å²) in [5, 5.41) is 3.66. The fourth-order valence-electron chi connectivity index (χ4n) is 6.23. The lowest BCUT2D eigenvalue weighted by atomic mass is 9.63. The van der Waals surface area contributed by atoms with Crippen LogP contribution in [0.5, 0.6) is 0 Å². The molecule has 1 N–H and O–H groups in total. The van der Waals surface area contributed by atoms with Crippen LogP contribution >= 0.6 is 12.4 Å². The molecule has 5 nitrogen and oxygen atoms in total.